The normalized spacial score (nSPS) is 12.0. The minimum Gasteiger partial charge on any atom is -0.456 e. The summed E-state index contributed by atoms with van der Waals surface area (Å²) in [6.45, 7) is 2.16. The van der Waals surface area contributed by atoms with E-state index in [4.69, 9.17) is 4.42 Å². The molecule has 9 aromatic carbocycles. The highest BCUT2D eigenvalue weighted by atomic mass is 28.3. The minimum atomic E-state index is -3.09. The zero-order valence-corrected chi connectivity index (χ0v) is 34.4. The summed E-state index contributed by atoms with van der Waals surface area (Å²) in [7, 11) is -3.09. The molecule has 0 N–H and O–H groups in total. The van der Waals surface area contributed by atoms with Crippen LogP contribution in [0.1, 0.15) is 11.1 Å². The largest absolute Gasteiger partial charge is 0.456 e. The van der Waals surface area contributed by atoms with Crippen molar-refractivity contribution in [3.8, 4) is 17.4 Å². The van der Waals surface area contributed by atoms with Crippen LogP contribution in [0.5, 0.6) is 0 Å². The Morgan fingerprint density at radius 2 is 0.967 bits per heavy atom. The first-order valence-corrected chi connectivity index (χ1v) is 22.7. The summed E-state index contributed by atoms with van der Waals surface area (Å²) in [5.74, 6) is 0. The van der Waals surface area contributed by atoms with E-state index in [2.05, 4.69) is 216 Å². The second kappa shape index (κ2) is 13.6. The maximum absolute atomic E-state index is 10.8. The molecule has 0 radical (unpaired) electrons. The molecule has 4 nitrogen and oxygen atoms in total. The molecule has 0 amide bonds. The third-order valence-corrected chi connectivity index (χ3v) is 17.5. The lowest BCUT2D eigenvalue weighted by atomic mass is 10.0. The fourth-order valence-electron chi connectivity index (χ4n) is 10.2. The Bertz CT molecular complexity index is 3630. The average Bonchev–Trinajstić information content (AvgIpc) is 3.97. The van der Waals surface area contributed by atoms with Gasteiger partial charge in [0, 0.05) is 43.7 Å². The van der Waals surface area contributed by atoms with E-state index in [1.165, 1.54) is 42.7 Å². The molecular weight excluding hydrogens is 759 g/mol. The number of aryl methyl sites for hydroxylation is 1. The molecule has 12 aromatic rings. The first kappa shape index (κ1) is 35.1. The van der Waals surface area contributed by atoms with Crippen molar-refractivity contribution in [2.24, 2.45) is 0 Å². The Morgan fingerprint density at radius 3 is 1.64 bits per heavy atom. The average molecular weight is 796 g/mol. The SMILES string of the molecule is Cc1ccc2c(c1)c1c3c(ccc1n2-c1ccc([Si](c2ccccc2)(c2ccccc2)c2cc(C#N)cc(-n4c5ccccc5c5ccccc54)c2)cc1)oc1ccccc13. The molecule has 3 aromatic heterocycles. The quantitative estimate of drug-likeness (QED) is 0.124. The van der Waals surface area contributed by atoms with Crippen LogP contribution in [0.15, 0.2) is 211 Å². The maximum Gasteiger partial charge on any atom is 0.179 e. The first-order chi connectivity index (χ1) is 30.1. The highest BCUT2D eigenvalue weighted by Crippen LogP contribution is 2.41. The summed E-state index contributed by atoms with van der Waals surface area (Å²) in [6, 6.07) is 76.9. The number of para-hydroxylation sites is 3. The van der Waals surface area contributed by atoms with Crippen molar-refractivity contribution in [3.63, 3.8) is 0 Å². The van der Waals surface area contributed by atoms with Crippen LogP contribution in [0, 0.1) is 18.3 Å². The molecule has 0 aliphatic rings. The molecule has 0 aliphatic heterocycles. The summed E-state index contributed by atoms with van der Waals surface area (Å²) in [6.07, 6.45) is 0. The van der Waals surface area contributed by atoms with Crippen LogP contribution in [0.4, 0.5) is 0 Å². The van der Waals surface area contributed by atoms with E-state index in [-0.39, 0.29) is 0 Å². The highest BCUT2D eigenvalue weighted by molar-refractivity contribution is 7.20. The standard InChI is InChI=1S/C56H37N3OSi/c1-37-24-29-51-48(32-37)55-52(30-31-54-56(55)47-20-10-13-23-53(47)60-54)58(51)39-25-27-43(28-26-39)61(41-14-4-2-5-15-41,42-16-6-3-7-17-42)44-34-38(36-57)33-40(35-44)59-49-21-11-8-18-45(49)46-19-9-12-22-50(46)59/h2-35H,1H3. The van der Waals surface area contributed by atoms with E-state index in [0.717, 1.165) is 60.6 Å². The Kier molecular flexibility index (Phi) is 7.80. The van der Waals surface area contributed by atoms with Crippen molar-refractivity contribution < 1.29 is 4.42 Å². The topological polar surface area (TPSA) is 46.8 Å². The molecule has 0 saturated carbocycles. The summed E-state index contributed by atoms with van der Waals surface area (Å²) < 4.78 is 11.1. The number of hydrogen-bond donors (Lipinski definition) is 0. The lowest BCUT2D eigenvalue weighted by Crippen LogP contribution is -2.74. The predicted octanol–water partition coefficient (Wildman–Crippen LogP) is 11.3. The number of nitrogens with zero attached hydrogens (tertiary/aromatic N) is 3. The van der Waals surface area contributed by atoms with Crippen LogP contribution < -0.4 is 20.7 Å². The number of fused-ring (bicyclic) bond motifs is 10. The van der Waals surface area contributed by atoms with E-state index in [0.29, 0.717) is 5.56 Å². The van der Waals surface area contributed by atoms with Gasteiger partial charge in [-0.1, -0.05) is 139 Å². The zero-order chi connectivity index (χ0) is 40.7. The molecule has 0 unspecified atom stereocenters. The fraction of sp³-hybridized carbons (Fsp3) is 0.0179. The molecule has 286 valence electrons. The van der Waals surface area contributed by atoms with Gasteiger partial charge in [0.2, 0.25) is 0 Å². The minimum absolute atomic E-state index is 0.633. The number of benzene rings is 9. The Hall–Kier alpha value is -7.91. The van der Waals surface area contributed by atoms with Crippen molar-refractivity contribution in [2.75, 3.05) is 0 Å². The van der Waals surface area contributed by atoms with E-state index < -0.39 is 8.07 Å². The smallest absolute Gasteiger partial charge is 0.179 e. The van der Waals surface area contributed by atoms with Gasteiger partial charge in [-0.25, -0.2) is 0 Å². The second-order valence-corrected chi connectivity index (χ2v) is 19.9. The van der Waals surface area contributed by atoms with Gasteiger partial charge in [0.25, 0.3) is 0 Å². The summed E-state index contributed by atoms with van der Waals surface area (Å²) in [5.41, 5.74) is 10.2. The van der Waals surface area contributed by atoms with E-state index in [1.807, 2.05) is 12.1 Å². The Balaban J connectivity index is 1.13. The summed E-state index contributed by atoms with van der Waals surface area (Å²) >= 11 is 0. The number of rotatable bonds is 6. The molecule has 61 heavy (non-hydrogen) atoms. The van der Waals surface area contributed by atoms with Crippen molar-refractivity contribution in [3.05, 3.63) is 217 Å². The van der Waals surface area contributed by atoms with Gasteiger partial charge in [-0.15, -0.1) is 0 Å². The number of aromatic nitrogens is 2. The monoisotopic (exact) mass is 795 g/mol. The molecular formula is C56H37N3OSi. The third-order valence-electron chi connectivity index (χ3n) is 12.7. The molecule has 0 atom stereocenters. The van der Waals surface area contributed by atoms with Crippen LogP contribution in [0.3, 0.4) is 0 Å². The van der Waals surface area contributed by atoms with Crippen molar-refractivity contribution in [1.29, 1.82) is 5.26 Å². The lowest BCUT2D eigenvalue weighted by Gasteiger charge is -2.35. The van der Waals surface area contributed by atoms with Gasteiger partial charge in [0.05, 0.1) is 33.7 Å². The summed E-state index contributed by atoms with van der Waals surface area (Å²) in [4.78, 5) is 0. The van der Waals surface area contributed by atoms with Gasteiger partial charge < -0.3 is 13.6 Å². The van der Waals surface area contributed by atoms with Crippen molar-refractivity contribution in [1.82, 2.24) is 9.13 Å². The summed E-state index contributed by atoms with van der Waals surface area (Å²) in [5, 5.41) is 22.7. The zero-order valence-electron chi connectivity index (χ0n) is 33.4. The molecule has 0 bridgehead atoms. The first-order valence-electron chi connectivity index (χ1n) is 20.7. The van der Waals surface area contributed by atoms with Gasteiger partial charge >= 0.3 is 0 Å². The molecule has 3 heterocycles. The van der Waals surface area contributed by atoms with Crippen LogP contribution in [0.2, 0.25) is 0 Å². The van der Waals surface area contributed by atoms with Crippen LogP contribution in [-0.2, 0) is 0 Å². The van der Waals surface area contributed by atoms with Gasteiger partial charge in [0.15, 0.2) is 8.07 Å². The molecule has 5 heteroatoms. The van der Waals surface area contributed by atoms with Crippen LogP contribution >= 0.6 is 0 Å². The van der Waals surface area contributed by atoms with Crippen LogP contribution in [0.25, 0.3) is 76.9 Å². The fourth-order valence-corrected chi connectivity index (χ4v) is 15.0. The van der Waals surface area contributed by atoms with Crippen molar-refractivity contribution in [2.45, 2.75) is 6.92 Å². The number of hydrogen-bond acceptors (Lipinski definition) is 2. The molecule has 0 saturated heterocycles. The Labute approximate surface area is 353 Å². The van der Waals surface area contributed by atoms with E-state index >= 15 is 0 Å². The number of furan rings is 1. The van der Waals surface area contributed by atoms with Gasteiger partial charge in [-0.2, -0.15) is 5.26 Å². The molecule has 12 rings (SSSR count). The van der Waals surface area contributed by atoms with E-state index in [9.17, 15) is 5.26 Å². The molecule has 0 spiro atoms. The number of nitriles is 1. The second-order valence-electron chi connectivity index (χ2n) is 16.1. The maximum atomic E-state index is 10.8. The van der Waals surface area contributed by atoms with Gasteiger partial charge in [0.1, 0.15) is 11.2 Å². The van der Waals surface area contributed by atoms with Crippen molar-refractivity contribution >= 4 is 94.4 Å². The lowest BCUT2D eigenvalue weighted by molar-refractivity contribution is 0.669. The van der Waals surface area contributed by atoms with Gasteiger partial charge in [-0.3, -0.25) is 0 Å². The molecule has 0 aliphatic carbocycles. The highest BCUT2D eigenvalue weighted by Gasteiger charge is 2.42. The third kappa shape index (κ3) is 5.16. The van der Waals surface area contributed by atoms with Gasteiger partial charge in [-0.05, 0) is 100 Å². The predicted molar refractivity (Wildman–Crippen MR) is 255 cm³/mol. The van der Waals surface area contributed by atoms with E-state index in [1.54, 1.807) is 0 Å². The molecule has 0 fully saturated rings. The Morgan fingerprint density at radius 1 is 0.410 bits per heavy atom. The van der Waals surface area contributed by atoms with Crippen LogP contribution in [-0.4, -0.2) is 17.2 Å².